The zero-order valence-electron chi connectivity index (χ0n) is 16.0. The molecule has 1 N–H and O–H groups in total. The van der Waals surface area contributed by atoms with Crippen molar-refractivity contribution in [3.63, 3.8) is 0 Å². The van der Waals surface area contributed by atoms with E-state index in [4.69, 9.17) is 4.74 Å². The fraction of sp³-hybridized carbons (Fsp3) is 0.667. The molecule has 0 aliphatic carbocycles. The molecule has 2 atom stereocenters. The van der Waals surface area contributed by atoms with Crippen LogP contribution >= 0.6 is 0 Å². The number of amides is 1. The molecular formula is C21H33N3O2. The molecule has 2 aliphatic rings. The molecule has 26 heavy (non-hydrogen) atoms. The highest BCUT2D eigenvalue weighted by atomic mass is 16.5. The Kier molecular flexibility index (Phi) is 7.47. The third kappa shape index (κ3) is 5.53. The molecule has 1 amide bonds. The lowest BCUT2D eigenvalue weighted by Crippen LogP contribution is -2.52. The predicted molar refractivity (Wildman–Crippen MR) is 104 cm³/mol. The number of ether oxygens (including phenoxy) is 1. The van der Waals surface area contributed by atoms with Gasteiger partial charge in [-0.05, 0) is 31.4 Å². The number of nitrogens with zero attached hydrogens (tertiary/aromatic N) is 2. The maximum absolute atomic E-state index is 13.0. The zero-order chi connectivity index (χ0) is 18.2. The maximum Gasteiger partial charge on any atom is 0.224 e. The van der Waals surface area contributed by atoms with E-state index >= 15 is 0 Å². The number of benzene rings is 1. The second-order valence-electron chi connectivity index (χ2n) is 7.53. The van der Waals surface area contributed by atoms with Gasteiger partial charge in [0.25, 0.3) is 0 Å². The number of nitrogens with one attached hydrogen (secondary N) is 1. The Bertz CT molecular complexity index is 545. The van der Waals surface area contributed by atoms with Crippen molar-refractivity contribution in [3.8, 4) is 0 Å². The largest absolute Gasteiger partial charge is 0.378 e. The van der Waals surface area contributed by atoms with Crippen LogP contribution in [0, 0.1) is 0 Å². The van der Waals surface area contributed by atoms with E-state index in [0.29, 0.717) is 19.1 Å². The van der Waals surface area contributed by atoms with Crippen LogP contribution in [0.2, 0.25) is 0 Å². The summed E-state index contributed by atoms with van der Waals surface area (Å²) in [6, 6.07) is 11.1. The van der Waals surface area contributed by atoms with E-state index in [0.717, 1.165) is 58.6 Å². The average Bonchev–Trinajstić information content (AvgIpc) is 2.68. The molecule has 144 valence electrons. The fourth-order valence-corrected chi connectivity index (χ4v) is 4.10. The van der Waals surface area contributed by atoms with Crippen LogP contribution in [-0.4, -0.2) is 67.2 Å². The van der Waals surface area contributed by atoms with Crippen LogP contribution < -0.4 is 5.32 Å². The van der Waals surface area contributed by atoms with Gasteiger partial charge in [-0.25, -0.2) is 0 Å². The summed E-state index contributed by atoms with van der Waals surface area (Å²) in [6.07, 6.45) is 3.84. The maximum atomic E-state index is 13.0. The van der Waals surface area contributed by atoms with Gasteiger partial charge in [0, 0.05) is 44.7 Å². The lowest BCUT2D eigenvalue weighted by atomic mass is 10.0. The summed E-state index contributed by atoms with van der Waals surface area (Å²) in [5.74, 6) is 0.279. The van der Waals surface area contributed by atoms with Crippen LogP contribution in [0.4, 0.5) is 0 Å². The molecule has 5 nitrogen and oxygen atoms in total. The Labute approximate surface area is 157 Å². The van der Waals surface area contributed by atoms with Gasteiger partial charge in [-0.15, -0.1) is 0 Å². The number of morpholine rings is 1. The third-order valence-corrected chi connectivity index (χ3v) is 5.37. The third-order valence-electron chi connectivity index (χ3n) is 5.37. The fourth-order valence-electron chi connectivity index (χ4n) is 4.10. The number of likely N-dealkylation sites (tertiary alicyclic amines) is 1. The van der Waals surface area contributed by atoms with E-state index < -0.39 is 0 Å². The second kappa shape index (κ2) is 10.0. The summed E-state index contributed by atoms with van der Waals surface area (Å²) in [7, 11) is 0. The number of hydrogen-bond donors (Lipinski definition) is 1. The van der Waals surface area contributed by atoms with Gasteiger partial charge in [0.05, 0.1) is 13.2 Å². The number of carbonyl (C=O) groups excluding carboxylic acids is 1. The summed E-state index contributed by atoms with van der Waals surface area (Å²) < 4.78 is 5.51. The van der Waals surface area contributed by atoms with Crippen LogP contribution in [0.3, 0.4) is 0 Å². The van der Waals surface area contributed by atoms with Gasteiger partial charge in [-0.3, -0.25) is 9.69 Å². The number of rotatable bonds is 7. The molecule has 2 heterocycles. The Balaban J connectivity index is 1.58. The topological polar surface area (TPSA) is 44.8 Å². The number of hydrogen-bond acceptors (Lipinski definition) is 4. The first-order chi connectivity index (χ1) is 12.8. The van der Waals surface area contributed by atoms with Gasteiger partial charge in [-0.2, -0.15) is 0 Å². The minimum absolute atomic E-state index is 0.166. The van der Waals surface area contributed by atoms with Crippen LogP contribution in [0.15, 0.2) is 30.3 Å². The van der Waals surface area contributed by atoms with E-state index in [1.54, 1.807) is 0 Å². The molecule has 0 bridgehead atoms. The quantitative estimate of drug-likeness (QED) is 0.811. The summed E-state index contributed by atoms with van der Waals surface area (Å²) >= 11 is 0. The van der Waals surface area contributed by atoms with Crippen molar-refractivity contribution in [2.75, 3.05) is 39.4 Å². The first kappa shape index (κ1) is 19.3. The SMILES string of the molecule is CCCN(C(=O)CC1COCCN1)C1CCCN(Cc2ccccc2)C1. The Morgan fingerprint density at radius 3 is 2.92 bits per heavy atom. The smallest absolute Gasteiger partial charge is 0.224 e. The Morgan fingerprint density at radius 1 is 1.35 bits per heavy atom. The zero-order valence-corrected chi connectivity index (χ0v) is 16.0. The summed E-state index contributed by atoms with van der Waals surface area (Å²) in [6.45, 7) is 8.34. The molecule has 0 spiro atoms. The van der Waals surface area contributed by atoms with Crippen LogP contribution in [-0.2, 0) is 16.1 Å². The minimum Gasteiger partial charge on any atom is -0.378 e. The van der Waals surface area contributed by atoms with Gasteiger partial charge < -0.3 is 15.0 Å². The molecule has 1 aromatic carbocycles. The molecule has 0 aromatic heterocycles. The molecule has 1 aromatic rings. The molecule has 2 saturated heterocycles. The summed E-state index contributed by atoms with van der Waals surface area (Å²) in [5.41, 5.74) is 1.35. The lowest BCUT2D eigenvalue weighted by molar-refractivity contribution is -0.136. The van der Waals surface area contributed by atoms with Crippen molar-refractivity contribution < 1.29 is 9.53 Å². The van der Waals surface area contributed by atoms with E-state index in [-0.39, 0.29) is 11.9 Å². The van der Waals surface area contributed by atoms with Gasteiger partial charge in [-0.1, -0.05) is 37.3 Å². The van der Waals surface area contributed by atoms with Crippen molar-refractivity contribution in [1.82, 2.24) is 15.1 Å². The van der Waals surface area contributed by atoms with E-state index in [9.17, 15) is 4.79 Å². The molecule has 0 radical (unpaired) electrons. The summed E-state index contributed by atoms with van der Waals surface area (Å²) in [5, 5.41) is 3.41. The van der Waals surface area contributed by atoms with Crippen molar-refractivity contribution in [2.45, 2.75) is 51.2 Å². The van der Waals surface area contributed by atoms with Crippen molar-refractivity contribution in [3.05, 3.63) is 35.9 Å². The minimum atomic E-state index is 0.166. The van der Waals surface area contributed by atoms with Crippen LogP contribution in [0.5, 0.6) is 0 Å². The van der Waals surface area contributed by atoms with Crippen molar-refractivity contribution >= 4 is 5.91 Å². The Morgan fingerprint density at radius 2 is 2.19 bits per heavy atom. The highest BCUT2D eigenvalue weighted by Gasteiger charge is 2.29. The van der Waals surface area contributed by atoms with Crippen LogP contribution in [0.25, 0.3) is 0 Å². The molecule has 0 saturated carbocycles. The molecule has 5 heteroatoms. The number of carbonyl (C=O) groups is 1. The van der Waals surface area contributed by atoms with Gasteiger partial charge >= 0.3 is 0 Å². The van der Waals surface area contributed by atoms with Gasteiger partial charge in [0.15, 0.2) is 0 Å². The molecule has 2 aliphatic heterocycles. The van der Waals surface area contributed by atoms with Crippen molar-refractivity contribution in [1.29, 1.82) is 0 Å². The normalized spacial score (nSPS) is 24.3. The predicted octanol–water partition coefficient (Wildman–Crippen LogP) is 2.27. The lowest BCUT2D eigenvalue weighted by Gasteiger charge is -2.40. The highest BCUT2D eigenvalue weighted by molar-refractivity contribution is 5.77. The van der Waals surface area contributed by atoms with E-state index in [1.165, 1.54) is 5.56 Å². The monoisotopic (exact) mass is 359 g/mol. The first-order valence-electron chi connectivity index (χ1n) is 10.1. The first-order valence-corrected chi connectivity index (χ1v) is 10.1. The molecule has 2 fully saturated rings. The van der Waals surface area contributed by atoms with Gasteiger partial charge in [0.1, 0.15) is 0 Å². The number of piperidine rings is 1. The molecule has 3 rings (SSSR count). The van der Waals surface area contributed by atoms with E-state index in [2.05, 4.69) is 52.4 Å². The Hall–Kier alpha value is -1.43. The standard InChI is InChI=1S/C21H33N3O2/c1-2-11-24(21(25)14-19-17-26-13-10-22-19)20-9-6-12-23(16-20)15-18-7-4-3-5-8-18/h3-5,7-8,19-20,22H,2,6,9-17H2,1H3. The van der Waals surface area contributed by atoms with E-state index in [1.807, 2.05) is 0 Å². The average molecular weight is 360 g/mol. The molecule has 2 unspecified atom stereocenters. The second-order valence-corrected chi connectivity index (χ2v) is 7.53. The summed E-state index contributed by atoms with van der Waals surface area (Å²) in [4.78, 5) is 17.6. The molecular weight excluding hydrogens is 326 g/mol. The van der Waals surface area contributed by atoms with Gasteiger partial charge in [0.2, 0.25) is 5.91 Å². The van der Waals surface area contributed by atoms with Crippen LogP contribution in [0.1, 0.15) is 38.2 Å². The highest BCUT2D eigenvalue weighted by Crippen LogP contribution is 2.20. The van der Waals surface area contributed by atoms with Crippen molar-refractivity contribution in [2.24, 2.45) is 0 Å².